The van der Waals surface area contributed by atoms with Gasteiger partial charge < -0.3 is 14.3 Å². The highest BCUT2D eigenvalue weighted by Gasteiger charge is 2.21. The van der Waals surface area contributed by atoms with Crippen molar-refractivity contribution in [2.45, 2.75) is 78.0 Å². The van der Waals surface area contributed by atoms with Crippen LogP contribution in [0.1, 0.15) is 82.7 Å². The largest absolute Gasteiger partial charge is 0.460 e. The number of esters is 2. The molecule has 0 radical (unpaired) electrons. The lowest BCUT2D eigenvalue weighted by Gasteiger charge is -2.19. The summed E-state index contributed by atoms with van der Waals surface area (Å²) < 4.78 is 10.1. The molecule has 0 bridgehead atoms. The molecule has 6 nitrogen and oxygen atoms in total. The van der Waals surface area contributed by atoms with Gasteiger partial charge in [0.1, 0.15) is 11.2 Å². The zero-order valence-corrected chi connectivity index (χ0v) is 24.7. The molecular weight excluding hydrogens is 500 g/mol. The van der Waals surface area contributed by atoms with Crippen LogP contribution in [0.15, 0.2) is 74.3 Å². The molecule has 0 spiro atoms. The second-order valence-corrected chi connectivity index (χ2v) is 10.7. The maximum atomic E-state index is 11.7. The van der Waals surface area contributed by atoms with E-state index < -0.39 is 11.2 Å². The molecule has 2 aromatic carbocycles. The van der Waals surface area contributed by atoms with Gasteiger partial charge in [-0.15, -0.1) is 0 Å². The fourth-order valence-electron chi connectivity index (χ4n) is 3.01. The van der Waals surface area contributed by atoms with Crippen LogP contribution in [0.25, 0.3) is 17.0 Å². The van der Waals surface area contributed by atoms with Crippen molar-refractivity contribution in [2.24, 2.45) is 0 Å². The number of nitriles is 1. The van der Waals surface area contributed by atoms with E-state index in [4.69, 9.17) is 21.3 Å². The van der Waals surface area contributed by atoms with Crippen LogP contribution in [0.2, 0.25) is 0 Å². The van der Waals surface area contributed by atoms with E-state index in [0.717, 1.165) is 28.3 Å². The zero-order valence-electron chi connectivity index (χ0n) is 24.7. The minimum absolute atomic E-state index is 0.256. The van der Waals surface area contributed by atoms with E-state index in [-0.39, 0.29) is 24.4 Å². The normalized spacial score (nSPS) is 10.9. The summed E-state index contributed by atoms with van der Waals surface area (Å²) in [4.78, 5) is 25.8. The number of carbonyl (C=O) groups is 2. The summed E-state index contributed by atoms with van der Waals surface area (Å²) in [6, 6.07) is 17.3. The third-order valence-corrected chi connectivity index (χ3v) is 4.83. The molecule has 0 saturated carbocycles. The van der Waals surface area contributed by atoms with Crippen molar-refractivity contribution in [1.82, 2.24) is 0 Å². The fourth-order valence-corrected chi connectivity index (χ4v) is 3.01. The lowest BCUT2D eigenvalue weighted by atomic mass is 10.0. The second-order valence-electron chi connectivity index (χ2n) is 10.7. The van der Waals surface area contributed by atoms with E-state index in [1.807, 2.05) is 90.1 Å². The third-order valence-electron chi connectivity index (χ3n) is 4.83. The van der Waals surface area contributed by atoms with E-state index in [0.29, 0.717) is 12.8 Å². The lowest BCUT2D eigenvalue weighted by Crippen LogP contribution is -2.23. The van der Waals surface area contributed by atoms with Crippen molar-refractivity contribution in [3.8, 4) is 6.07 Å². The Hall–Kier alpha value is -4.42. The molecule has 0 N–H and O–H groups in total. The highest BCUT2D eigenvalue weighted by molar-refractivity contribution is 5.81. The topological polar surface area (TPSA) is 80.8 Å². The quantitative estimate of drug-likeness (QED) is 0.190. The molecule has 0 aliphatic rings. The van der Waals surface area contributed by atoms with E-state index in [1.165, 1.54) is 0 Å². The van der Waals surface area contributed by atoms with Crippen molar-refractivity contribution >= 4 is 24.1 Å². The van der Waals surface area contributed by atoms with Gasteiger partial charge in [-0.2, -0.15) is 5.26 Å². The second kappa shape index (κ2) is 18.0. The van der Waals surface area contributed by atoms with Crippen LogP contribution in [-0.2, 0) is 25.5 Å². The SMILES string of the molecule is C=CC(=O)OC(C)(C)C.C=Cc1ccc(CC#N)cc1.[C-]#[N+]C(CCC(=O)OC(C)(C)C)c1ccc(C=C)cc1. The van der Waals surface area contributed by atoms with Crippen molar-refractivity contribution < 1.29 is 19.1 Å². The summed E-state index contributed by atoms with van der Waals surface area (Å²) in [5.41, 5.74) is 3.21. The first-order valence-electron chi connectivity index (χ1n) is 12.9. The number of nitrogens with zero attached hydrogens (tertiary/aromatic N) is 2. The lowest BCUT2D eigenvalue weighted by molar-refractivity contribution is -0.155. The summed E-state index contributed by atoms with van der Waals surface area (Å²) in [7, 11) is 0. The van der Waals surface area contributed by atoms with Crippen LogP contribution in [-0.4, -0.2) is 23.1 Å². The maximum absolute atomic E-state index is 11.7. The Bertz CT molecular complexity index is 1180. The van der Waals surface area contributed by atoms with E-state index in [1.54, 1.807) is 12.2 Å². The van der Waals surface area contributed by atoms with Gasteiger partial charge in [0.05, 0.1) is 18.9 Å². The number of benzene rings is 2. The van der Waals surface area contributed by atoms with Gasteiger partial charge in [0.25, 0.3) is 0 Å². The smallest absolute Gasteiger partial charge is 0.330 e. The summed E-state index contributed by atoms with van der Waals surface area (Å²) in [5.74, 6) is -0.628. The number of hydrogen-bond acceptors (Lipinski definition) is 5. The summed E-state index contributed by atoms with van der Waals surface area (Å²) in [5, 5.41) is 8.38. The summed E-state index contributed by atoms with van der Waals surface area (Å²) >= 11 is 0. The highest BCUT2D eigenvalue weighted by atomic mass is 16.6. The molecule has 6 heteroatoms. The van der Waals surface area contributed by atoms with Crippen molar-refractivity contribution in [3.63, 3.8) is 0 Å². The first-order chi connectivity index (χ1) is 18.7. The Balaban J connectivity index is 0.000000639. The molecule has 0 heterocycles. The number of carbonyl (C=O) groups excluding carboxylic acids is 2. The molecule has 0 aliphatic heterocycles. The average molecular weight is 543 g/mol. The molecule has 0 aromatic heterocycles. The molecular formula is C34H42N2O4. The molecule has 0 saturated heterocycles. The van der Waals surface area contributed by atoms with Crippen LogP contribution >= 0.6 is 0 Å². The van der Waals surface area contributed by atoms with Gasteiger partial charge in [-0.1, -0.05) is 80.4 Å². The minimum Gasteiger partial charge on any atom is -0.460 e. The Labute approximate surface area is 240 Å². The van der Waals surface area contributed by atoms with Crippen molar-refractivity contribution in [3.05, 3.63) is 108 Å². The Kier molecular flexibility index (Phi) is 16.0. The number of rotatable bonds is 8. The van der Waals surface area contributed by atoms with Gasteiger partial charge in [0.2, 0.25) is 6.04 Å². The molecule has 40 heavy (non-hydrogen) atoms. The molecule has 0 aliphatic carbocycles. The standard InChI is InChI=1S/C17H21NO2.C10H9N.C7H12O2/c1-6-13-7-9-14(10-8-13)15(18-5)11-12-16(19)20-17(2,3)4;1-2-9-3-5-10(6-4-9)7-8-11;1-5-6(8)9-7(2,3)4/h6-10,15H,1,11-12H2,2-4H3;2-6H,1,7H2;5H,1H2,2-4H3. The Morgan fingerprint density at radius 2 is 1.38 bits per heavy atom. The predicted molar refractivity (Wildman–Crippen MR) is 163 cm³/mol. The van der Waals surface area contributed by atoms with Crippen LogP contribution in [0.3, 0.4) is 0 Å². The van der Waals surface area contributed by atoms with E-state index in [2.05, 4.69) is 30.7 Å². The van der Waals surface area contributed by atoms with Gasteiger partial charge in [-0.05, 0) is 58.2 Å². The van der Waals surface area contributed by atoms with E-state index >= 15 is 0 Å². The molecule has 2 aromatic rings. The first kappa shape index (κ1) is 35.6. The van der Waals surface area contributed by atoms with Crippen molar-refractivity contribution in [2.75, 3.05) is 0 Å². The Morgan fingerprint density at radius 1 is 0.900 bits per heavy atom. The van der Waals surface area contributed by atoms with Crippen LogP contribution in [0.4, 0.5) is 0 Å². The predicted octanol–water partition coefficient (Wildman–Crippen LogP) is 8.32. The number of ether oxygens (including phenoxy) is 2. The van der Waals surface area contributed by atoms with Gasteiger partial charge in [-0.3, -0.25) is 4.79 Å². The molecule has 0 amide bonds. The van der Waals surface area contributed by atoms with E-state index in [9.17, 15) is 9.59 Å². The average Bonchev–Trinajstić information content (AvgIpc) is 2.89. The monoisotopic (exact) mass is 542 g/mol. The van der Waals surface area contributed by atoms with Gasteiger partial charge in [0.15, 0.2) is 0 Å². The molecule has 1 unspecified atom stereocenters. The summed E-state index contributed by atoms with van der Waals surface area (Å²) in [6.45, 7) is 28.8. The van der Waals surface area contributed by atoms with Crippen molar-refractivity contribution in [1.29, 1.82) is 5.26 Å². The zero-order chi connectivity index (χ0) is 30.8. The third kappa shape index (κ3) is 17.2. The minimum atomic E-state index is -0.476. The maximum Gasteiger partial charge on any atom is 0.330 e. The van der Waals surface area contributed by atoms with Gasteiger partial charge in [0, 0.05) is 18.1 Å². The van der Waals surface area contributed by atoms with Gasteiger partial charge in [-0.25, -0.2) is 11.4 Å². The molecule has 212 valence electrons. The van der Waals surface area contributed by atoms with Crippen LogP contribution < -0.4 is 0 Å². The molecule has 0 fully saturated rings. The summed E-state index contributed by atoms with van der Waals surface area (Å²) in [6.07, 6.45) is 5.93. The van der Waals surface area contributed by atoms with Crippen LogP contribution in [0, 0.1) is 17.9 Å². The highest BCUT2D eigenvalue weighted by Crippen LogP contribution is 2.24. The Morgan fingerprint density at radius 3 is 1.73 bits per heavy atom. The molecule has 1 atom stereocenters. The molecule has 2 rings (SSSR count). The fraction of sp³-hybridized carbons (Fsp3) is 0.353. The first-order valence-corrected chi connectivity index (χ1v) is 12.9. The van der Waals surface area contributed by atoms with Crippen LogP contribution in [0.5, 0.6) is 0 Å². The van der Waals surface area contributed by atoms with Gasteiger partial charge >= 0.3 is 11.9 Å². The number of hydrogen-bond donors (Lipinski definition) is 0.